The molecule has 0 atom stereocenters. The van der Waals surface area contributed by atoms with Gasteiger partial charge >= 0.3 is 15.5 Å². The second-order valence-electron chi connectivity index (χ2n) is 3.02. The van der Waals surface area contributed by atoms with Crippen molar-refractivity contribution in [2.75, 3.05) is 0 Å². The molecule has 1 rings (SSSR count). The standard InChI is InChI=1S/C8H9F3NO2S/c1-6-4-3-5-7(2)12(6)15(13,14)8(9,10)11/h3-5H,1-2H3/q+1. The molecule has 3 nitrogen and oxygen atoms in total. The van der Waals surface area contributed by atoms with Crippen molar-refractivity contribution in [3.8, 4) is 0 Å². The van der Waals surface area contributed by atoms with Gasteiger partial charge in [0.05, 0.1) is 0 Å². The third kappa shape index (κ3) is 1.97. The number of nitrogens with zero attached hydrogens (tertiary/aromatic N) is 1. The Labute approximate surface area is 85.2 Å². The van der Waals surface area contributed by atoms with Gasteiger partial charge in [0.2, 0.25) is 0 Å². The first-order valence-electron chi connectivity index (χ1n) is 3.98. The fourth-order valence-corrected chi connectivity index (χ4v) is 2.31. The molecule has 1 aromatic heterocycles. The molecule has 0 spiro atoms. The summed E-state index contributed by atoms with van der Waals surface area (Å²) < 4.78 is 59.4. The minimum atomic E-state index is -5.32. The van der Waals surface area contributed by atoms with Gasteiger partial charge < -0.3 is 0 Å². The highest BCUT2D eigenvalue weighted by molar-refractivity contribution is 7.85. The van der Waals surface area contributed by atoms with Crippen LogP contribution in [0.25, 0.3) is 0 Å². The van der Waals surface area contributed by atoms with Crippen molar-refractivity contribution < 1.29 is 25.6 Å². The van der Waals surface area contributed by atoms with Crippen LogP contribution in [0.4, 0.5) is 13.2 Å². The molecule has 0 amide bonds. The summed E-state index contributed by atoms with van der Waals surface area (Å²) in [5.41, 5.74) is -5.24. The Hall–Kier alpha value is -1.11. The average molecular weight is 240 g/mol. The Balaban J connectivity index is 3.55. The van der Waals surface area contributed by atoms with Gasteiger partial charge in [-0.05, 0) is 6.07 Å². The molecular formula is C8H9F3NO2S+. The zero-order valence-electron chi connectivity index (χ0n) is 8.04. The lowest BCUT2D eigenvalue weighted by Gasteiger charge is -2.06. The maximum atomic E-state index is 12.3. The number of hydrogen-bond acceptors (Lipinski definition) is 2. The normalized spacial score (nSPS) is 12.9. The van der Waals surface area contributed by atoms with Gasteiger partial charge in [-0.1, -0.05) is 3.97 Å². The average Bonchev–Trinajstić information content (AvgIpc) is 2.00. The third-order valence-electron chi connectivity index (χ3n) is 1.85. The number of hydrogen-bond donors (Lipinski definition) is 0. The molecule has 1 aromatic rings. The van der Waals surface area contributed by atoms with Crippen LogP contribution in [0.5, 0.6) is 0 Å². The van der Waals surface area contributed by atoms with E-state index in [1.165, 1.54) is 32.0 Å². The largest absolute Gasteiger partial charge is 0.560 e. The maximum absolute atomic E-state index is 12.3. The van der Waals surface area contributed by atoms with E-state index < -0.39 is 15.5 Å². The highest BCUT2D eigenvalue weighted by Crippen LogP contribution is 2.22. The molecule has 0 fully saturated rings. The summed E-state index contributed by atoms with van der Waals surface area (Å²) in [6.45, 7) is 2.60. The first-order chi connectivity index (χ1) is 6.68. The molecule has 0 saturated heterocycles. The van der Waals surface area contributed by atoms with E-state index >= 15 is 0 Å². The number of pyridine rings is 1. The van der Waals surface area contributed by atoms with Crippen LogP contribution in [-0.4, -0.2) is 13.9 Å². The molecule has 0 aromatic carbocycles. The predicted molar refractivity (Wildman–Crippen MR) is 46.5 cm³/mol. The summed E-state index contributed by atoms with van der Waals surface area (Å²) in [4.78, 5) is 0. The lowest BCUT2D eigenvalue weighted by Crippen LogP contribution is -2.54. The molecule has 0 aliphatic rings. The smallest absolute Gasteiger partial charge is 0.153 e. The Kier molecular flexibility index (Phi) is 2.77. The van der Waals surface area contributed by atoms with E-state index in [9.17, 15) is 21.6 Å². The van der Waals surface area contributed by atoms with E-state index in [-0.39, 0.29) is 15.4 Å². The van der Waals surface area contributed by atoms with Crippen LogP contribution in [0, 0.1) is 13.8 Å². The molecule has 84 valence electrons. The second kappa shape index (κ2) is 3.48. The number of aryl methyl sites for hydroxylation is 2. The number of alkyl halides is 3. The van der Waals surface area contributed by atoms with Crippen LogP contribution >= 0.6 is 0 Å². The summed E-state index contributed by atoms with van der Waals surface area (Å²) >= 11 is 0. The fraction of sp³-hybridized carbons (Fsp3) is 0.375. The fourth-order valence-electron chi connectivity index (χ4n) is 1.22. The minimum absolute atomic E-state index is 0.0207. The van der Waals surface area contributed by atoms with Crippen LogP contribution < -0.4 is 3.97 Å². The van der Waals surface area contributed by atoms with Gasteiger partial charge in [0.1, 0.15) is 0 Å². The third-order valence-corrected chi connectivity index (χ3v) is 3.49. The molecule has 1 heterocycles. The van der Waals surface area contributed by atoms with Crippen molar-refractivity contribution in [3.05, 3.63) is 29.6 Å². The number of rotatable bonds is 1. The lowest BCUT2D eigenvalue weighted by molar-refractivity contribution is -0.533. The van der Waals surface area contributed by atoms with Crippen LogP contribution in [0.3, 0.4) is 0 Å². The minimum Gasteiger partial charge on any atom is -0.153 e. The van der Waals surface area contributed by atoms with Crippen LogP contribution in [0.15, 0.2) is 18.2 Å². The molecule has 15 heavy (non-hydrogen) atoms. The summed E-state index contributed by atoms with van der Waals surface area (Å²) in [5, 5.41) is 0. The molecule has 0 aliphatic carbocycles. The Morgan fingerprint density at radius 1 is 1.13 bits per heavy atom. The molecule has 0 bridgehead atoms. The van der Waals surface area contributed by atoms with Crippen LogP contribution in [-0.2, 0) is 10.0 Å². The molecule has 0 unspecified atom stereocenters. The first-order valence-corrected chi connectivity index (χ1v) is 5.42. The Morgan fingerprint density at radius 3 is 1.87 bits per heavy atom. The van der Waals surface area contributed by atoms with E-state index in [1.807, 2.05) is 0 Å². The topological polar surface area (TPSA) is 38.0 Å². The Bertz CT molecular complexity index is 459. The number of aromatic nitrogens is 1. The van der Waals surface area contributed by atoms with Gasteiger partial charge in [-0.25, -0.2) is 0 Å². The zero-order chi connectivity index (χ0) is 11.9. The van der Waals surface area contributed by atoms with Gasteiger partial charge in [-0.3, -0.25) is 0 Å². The predicted octanol–water partition coefficient (Wildman–Crippen LogP) is 1.29. The van der Waals surface area contributed by atoms with Crippen LogP contribution in [0.2, 0.25) is 0 Å². The van der Waals surface area contributed by atoms with Gasteiger partial charge in [-0.15, -0.1) is 0 Å². The van der Waals surface area contributed by atoms with Gasteiger partial charge in [-0.2, -0.15) is 21.6 Å². The zero-order valence-corrected chi connectivity index (χ0v) is 8.85. The molecular weight excluding hydrogens is 231 g/mol. The van der Waals surface area contributed by atoms with Gasteiger partial charge in [0.15, 0.2) is 11.4 Å². The van der Waals surface area contributed by atoms with E-state index in [0.29, 0.717) is 0 Å². The lowest BCUT2D eigenvalue weighted by atomic mass is 10.3. The second-order valence-corrected chi connectivity index (χ2v) is 4.80. The first kappa shape index (κ1) is 12.0. The van der Waals surface area contributed by atoms with E-state index in [1.54, 1.807) is 0 Å². The maximum Gasteiger partial charge on any atom is 0.560 e. The summed E-state index contributed by atoms with van der Waals surface area (Å²) in [5.74, 6) is 0. The van der Waals surface area contributed by atoms with E-state index in [0.717, 1.165) is 0 Å². The van der Waals surface area contributed by atoms with Gasteiger partial charge in [0.25, 0.3) is 0 Å². The molecule has 0 N–H and O–H groups in total. The van der Waals surface area contributed by atoms with Crippen LogP contribution in [0.1, 0.15) is 11.4 Å². The monoisotopic (exact) mass is 240 g/mol. The molecule has 0 radical (unpaired) electrons. The molecule has 0 aliphatic heterocycles. The van der Waals surface area contributed by atoms with Crippen molar-refractivity contribution in [3.63, 3.8) is 0 Å². The van der Waals surface area contributed by atoms with Crippen molar-refractivity contribution >= 4 is 10.0 Å². The highest BCUT2D eigenvalue weighted by Gasteiger charge is 2.55. The summed E-state index contributed by atoms with van der Waals surface area (Å²) in [6, 6.07) is 4.10. The van der Waals surface area contributed by atoms with Crippen molar-refractivity contribution in [2.45, 2.75) is 19.4 Å². The summed E-state index contributed by atoms with van der Waals surface area (Å²) in [6.07, 6.45) is 0. The highest BCUT2D eigenvalue weighted by atomic mass is 32.2. The van der Waals surface area contributed by atoms with Crippen molar-refractivity contribution in [2.24, 2.45) is 0 Å². The van der Waals surface area contributed by atoms with E-state index in [4.69, 9.17) is 0 Å². The quantitative estimate of drug-likeness (QED) is 0.694. The van der Waals surface area contributed by atoms with Crippen molar-refractivity contribution in [1.29, 1.82) is 0 Å². The Morgan fingerprint density at radius 2 is 1.53 bits per heavy atom. The number of halogens is 3. The van der Waals surface area contributed by atoms with Gasteiger partial charge in [0, 0.05) is 26.0 Å². The van der Waals surface area contributed by atoms with Crippen molar-refractivity contribution in [1.82, 2.24) is 0 Å². The summed E-state index contributed by atoms with van der Waals surface area (Å²) in [7, 11) is -5.32. The van der Waals surface area contributed by atoms with E-state index in [2.05, 4.69) is 0 Å². The SMILES string of the molecule is Cc1cccc(C)[n+]1S(=O)(=O)C(F)(F)F. The molecule has 0 saturated carbocycles. The molecule has 7 heteroatoms.